The smallest absolute Gasteiger partial charge is 0.282 e. The van der Waals surface area contributed by atoms with Crippen molar-refractivity contribution in [2.75, 3.05) is 45.0 Å². The van der Waals surface area contributed by atoms with Crippen molar-refractivity contribution in [1.82, 2.24) is 18.5 Å². The van der Waals surface area contributed by atoms with Crippen LogP contribution in [-0.4, -0.2) is 72.1 Å². The fraction of sp³-hybridized carbons (Fsp3) is 0.692. The first-order chi connectivity index (χ1) is 10.9. The van der Waals surface area contributed by atoms with E-state index >= 15 is 0 Å². The summed E-state index contributed by atoms with van der Waals surface area (Å²) in [7, 11) is -3.38. The third-order valence-electron chi connectivity index (χ3n) is 4.25. The van der Waals surface area contributed by atoms with Gasteiger partial charge in [-0.1, -0.05) is 11.3 Å². The monoisotopic (exact) mass is 359 g/mol. The molecule has 3 heterocycles. The van der Waals surface area contributed by atoms with Crippen molar-refractivity contribution in [3.8, 4) is 0 Å². The number of carbonyl (C=O) groups is 1. The van der Waals surface area contributed by atoms with Crippen molar-refractivity contribution in [1.29, 1.82) is 0 Å². The van der Waals surface area contributed by atoms with Gasteiger partial charge in [0.05, 0.1) is 5.69 Å². The molecule has 1 aromatic rings. The highest BCUT2D eigenvalue weighted by Crippen LogP contribution is 2.23. The molecule has 2 aliphatic heterocycles. The second-order valence-electron chi connectivity index (χ2n) is 5.77. The number of nitrogen functional groups attached to an aromatic ring is 1. The summed E-state index contributed by atoms with van der Waals surface area (Å²) in [4.78, 5) is 18.8. The van der Waals surface area contributed by atoms with E-state index in [0.29, 0.717) is 55.0 Å². The molecule has 8 nitrogen and oxygen atoms in total. The first kappa shape index (κ1) is 16.6. The van der Waals surface area contributed by atoms with E-state index in [9.17, 15) is 13.2 Å². The lowest BCUT2D eigenvalue weighted by molar-refractivity contribution is 0.0698. The Morgan fingerprint density at radius 2 is 1.65 bits per heavy atom. The number of aryl methyl sites for hydroxylation is 1. The third-order valence-corrected chi connectivity index (χ3v) is 7.26. The molecule has 0 saturated carbocycles. The molecule has 1 amide bonds. The summed E-state index contributed by atoms with van der Waals surface area (Å²) in [6.45, 7) is 4.40. The number of hydrogen-bond acceptors (Lipinski definition) is 6. The molecule has 128 valence electrons. The van der Waals surface area contributed by atoms with Crippen LogP contribution in [0.15, 0.2) is 0 Å². The zero-order chi connectivity index (χ0) is 16.6. The number of nitrogens with zero attached hydrogens (tertiary/aromatic N) is 4. The Labute approximate surface area is 140 Å². The van der Waals surface area contributed by atoms with Gasteiger partial charge in [-0.3, -0.25) is 4.79 Å². The lowest BCUT2D eigenvalue weighted by atomic mass is 10.3. The quantitative estimate of drug-likeness (QED) is 0.827. The highest BCUT2D eigenvalue weighted by Gasteiger charge is 2.35. The Morgan fingerprint density at radius 1 is 1.09 bits per heavy atom. The van der Waals surface area contributed by atoms with Crippen molar-refractivity contribution in [3.05, 3.63) is 10.6 Å². The van der Waals surface area contributed by atoms with E-state index in [1.54, 1.807) is 16.1 Å². The zero-order valence-corrected chi connectivity index (χ0v) is 14.7. The molecule has 2 N–H and O–H groups in total. The summed E-state index contributed by atoms with van der Waals surface area (Å²) in [6, 6.07) is 0. The number of hydrogen-bond donors (Lipinski definition) is 1. The van der Waals surface area contributed by atoms with E-state index in [1.807, 2.05) is 0 Å². The van der Waals surface area contributed by atoms with E-state index in [4.69, 9.17) is 5.73 Å². The molecule has 10 heteroatoms. The fourth-order valence-corrected chi connectivity index (χ4v) is 5.44. The molecule has 0 atom stereocenters. The van der Waals surface area contributed by atoms with Gasteiger partial charge >= 0.3 is 0 Å². The topological polar surface area (TPSA) is 99.8 Å². The molecule has 0 spiro atoms. The molecule has 0 unspecified atom stereocenters. The van der Waals surface area contributed by atoms with Gasteiger partial charge in [-0.2, -0.15) is 17.0 Å². The number of anilines is 1. The molecule has 2 aliphatic rings. The molecule has 2 saturated heterocycles. The molecule has 0 aliphatic carbocycles. The van der Waals surface area contributed by atoms with Gasteiger partial charge in [-0.25, -0.2) is 4.98 Å². The van der Waals surface area contributed by atoms with Crippen LogP contribution in [-0.2, 0) is 10.2 Å². The van der Waals surface area contributed by atoms with Gasteiger partial charge < -0.3 is 10.6 Å². The number of piperazine rings is 1. The zero-order valence-electron chi connectivity index (χ0n) is 13.1. The molecule has 0 radical (unpaired) electrons. The largest absolute Gasteiger partial charge is 0.375 e. The molecule has 0 bridgehead atoms. The predicted octanol–water partition coefficient (Wildman–Crippen LogP) is 0.132. The first-order valence-corrected chi connectivity index (χ1v) is 9.88. The van der Waals surface area contributed by atoms with Crippen molar-refractivity contribution in [3.63, 3.8) is 0 Å². The second-order valence-corrected chi connectivity index (χ2v) is 8.73. The molecular weight excluding hydrogens is 338 g/mol. The van der Waals surface area contributed by atoms with E-state index in [2.05, 4.69) is 4.98 Å². The third kappa shape index (κ3) is 3.21. The van der Waals surface area contributed by atoms with Crippen LogP contribution in [0.5, 0.6) is 0 Å². The molecular formula is C13H21N5O3S2. The van der Waals surface area contributed by atoms with E-state index in [0.717, 1.165) is 12.8 Å². The maximum absolute atomic E-state index is 12.5. The summed E-state index contributed by atoms with van der Waals surface area (Å²) >= 11 is 1.18. The number of aromatic nitrogens is 1. The molecule has 2 fully saturated rings. The minimum absolute atomic E-state index is 0.116. The molecule has 0 aromatic carbocycles. The summed E-state index contributed by atoms with van der Waals surface area (Å²) < 4.78 is 28.1. The van der Waals surface area contributed by atoms with Crippen LogP contribution in [0.2, 0.25) is 0 Å². The van der Waals surface area contributed by atoms with E-state index < -0.39 is 10.2 Å². The Morgan fingerprint density at radius 3 is 2.17 bits per heavy atom. The number of thiazole rings is 1. The van der Waals surface area contributed by atoms with Crippen molar-refractivity contribution < 1.29 is 13.2 Å². The van der Waals surface area contributed by atoms with Gasteiger partial charge in [0.25, 0.3) is 16.1 Å². The standard InChI is InChI=1S/C13H21N5O3S2/c1-10-11(22-13(14)15-10)12(19)16-6-8-18(9-7-16)23(20,21)17-4-2-3-5-17/h2-9H2,1H3,(H2,14,15). The van der Waals surface area contributed by atoms with E-state index in [-0.39, 0.29) is 5.91 Å². The van der Waals surface area contributed by atoms with Gasteiger partial charge in [0.15, 0.2) is 5.13 Å². The lowest BCUT2D eigenvalue weighted by Crippen LogP contribution is -2.53. The van der Waals surface area contributed by atoms with Crippen LogP contribution in [0, 0.1) is 6.92 Å². The van der Waals surface area contributed by atoms with E-state index in [1.165, 1.54) is 15.6 Å². The summed E-state index contributed by atoms with van der Waals surface area (Å²) in [5.74, 6) is -0.116. The summed E-state index contributed by atoms with van der Waals surface area (Å²) in [5, 5.41) is 0.376. The van der Waals surface area contributed by atoms with Crippen LogP contribution >= 0.6 is 11.3 Å². The van der Waals surface area contributed by atoms with Gasteiger partial charge in [0.1, 0.15) is 4.88 Å². The highest BCUT2D eigenvalue weighted by atomic mass is 32.2. The summed E-state index contributed by atoms with van der Waals surface area (Å²) in [5.41, 5.74) is 6.27. The Kier molecular flexibility index (Phi) is 4.59. The minimum Gasteiger partial charge on any atom is -0.375 e. The Balaban J connectivity index is 1.64. The molecule has 3 rings (SSSR count). The predicted molar refractivity (Wildman–Crippen MR) is 88.5 cm³/mol. The number of rotatable bonds is 3. The van der Waals surface area contributed by atoms with Crippen molar-refractivity contribution in [2.45, 2.75) is 19.8 Å². The van der Waals surface area contributed by atoms with Crippen LogP contribution in [0.4, 0.5) is 5.13 Å². The molecule has 1 aromatic heterocycles. The van der Waals surface area contributed by atoms with Crippen LogP contribution in [0.25, 0.3) is 0 Å². The lowest BCUT2D eigenvalue weighted by Gasteiger charge is -2.35. The van der Waals surface area contributed by atoms with Gasteiger partial charge in [-0.15, -0.1) is 0 Å². The van der Waals surface area contributed by atoms with Crippen LogP contribution < -0.4 is 5.73 Å². The van der Waals surface area contributed by atoms with Crippen molar-refractivity contribution in [2.24, 2.45) is 0 Å². The van der Waals surface area contributed by atoms with Gasteiger partial charge in [0, 0.05) is 39.3 Å². The average molecular weight is 359 g/mol. The Hall–Kier alpha value is -1.23. The highest BCUT2D eigenvalue weighted by molar-refractivity contribution is 7.86. The fourth-order valence-electron chi connectivity index (χ4n) is 2.96. The first-order valence-electron chi connectivity index (χ1n) is 7.67. The maximum Gasteiger partial charge on any atom is 0.282 e. The van der Waals surface area contributed by atoms with Crippen LogP contribution in [0.1, 0.15) is 28.2 Å². The number of amides is 1. The van der Waals surface area contributed by atoms with Crippen molar-refractivity contribution >= 4 is 32.6 Å². The van der Waals surface area contributed by atoms with Gasteiger partial charge in [-0.05, 0) is 19.8 Å². The Bertz CT molecular complexity index is 688. The average Bonchev–Trinajstić information content (AvgIpc) is 3.17. The minimum atomic E-state index is -3.38. The number of carbonyl (C=O) groups excluding carboxylic acids is 1. The summed E-state index contributed by atoms with van der Waals surface area (Å²) in [6.07, 6.45) is 1.84. The normalized spacial score (nSPS) is 21.0. The maximum atomic E-state index is 12.5. The van der Waals surface area contributed by atoms with Crippen LogP contribution in [0.3, 0.4) is 0 Å². The van der Waals surface area contributed by atoms with Gasteiger partial charge in [0.2, 0.25) is 0 Å². The molecule has 23 heavy (non-hydrogen) atoms. The number of nitrogens with two attached hydrogens (primary N) is 1. The SMILES string of the molecule is Cc1nc(N)sc1C(=O)N1CCN(S(=O)(=O)N2CCCC2)CC1. The second kappa shape index (κ2) is 6.34.